The minimum atomic E-state index is -0.590. The third kappa shape index (κ3) is 3.57. The van der Waals surface area contributed by atoms with Gasteiger partial charge < -0.3 is 10.1 Å². The maximum Gasteiger partial charge on any atom is 0.336 e. The lowest BCUT2D eigenvalue weighted by Gasteiger charge is -2.36. The minimum absolute atomic E-state index is 0.00324. The number of ketones is 1. The van der Waals surface area contributed by atoms with Gasteiger partial charge in [-0.05, 0) is 58.4 Å². The number of allylic oxidation sites excluding steroid dienone is 3. The number of benzene rings is 1. The Bertz CT molecular complexity index is 1060. The first kappa shape index (κ1) is 20.0. The average molecular weight is 476 g/mol. The number of carbonyl (C=O) groups is 2. The minimum Gasteiger partial charge on any atom is -0.466 e. The summed E-state index contributed by atoms with van der Waals surface area (Å²) in [5, 5.41) is 5.30. The van der Waals surface area contributed by atoms with Crippen molar-refractivity contribution >= 4 is 39.0 Å². The fraction of sp³-hybridized carbons (Fsp3) is 0.273. The fourth-order valence-electron chi connectivity index (χ4n) is 4.17. The molecule has 2 aliphatic rings. The summed E-state index contributed by atoms with van der Waals surface area (Å²) in [6.45, 7) is 1.81. The molecule has 2 aromatic rings. The van der Waals surface area contributed by atoms with Crippen molar-refractivity contribution in [1.29, 1.82) is 0 Å². The van der Waals surface area contributed by atoms with Gasteiger partial charge in [-0.3, -0.25) is 4.79 Å². The summed E-state index contributed by atoms with van der Waals surface area (Å²) in [5.41, 5.74) is 3.11. The zero-order valence-electron chi connectivity index (χ0n) is 15.9. The molecule has 1 aromatic carbocycles. The number of Topliss-reactive ketones (excluding diaryl/α,β-unsaturated/α-hetero) is 1. The lowest BCUT2D eigenvalue weighted by atomic mass is 9.72. The average Bonchev–Trinajstić information content (AvgIpc) is 3.23. The molecule has 4 rings (SSSR count). The number of esters is 1. The van der Waals surface area contributed by atoms with Crippen LogP contribution in [0.2, 0.25) is 0 Å². The molecule has 0 fully saturated rings. The Kier molecular flexibility index (Phi) is 5.44. The van der Waals surface area contributed by atoms with E-state index in [1.807, 2.05) is 17.5 Å². The third-order valence-corrected chi connectivity index (χ3v) is 7.10. The molecule has 0 radical (unpaired) electrons. The number of hydrogen-bond donors (Lipinski definition) is 1. The van der Waals surface area contributed by atoms with Crippen LogP contribution in [0.3, 0.4) is 0 Å². The molecule has 0 bridgehead atoms. The first-order chi connectivity index (χ1) is 13.9. The van der Waals surface area contributed by atoms with E-state index in [1.54, 1.807) is 30.4 Å². The van der Waals surface area contributed by atoms with Gasteiger partial charge in [-0.15, -0.1) is 11.3 Å². The summed E-state index contributed by atoms with van der Waals surface area (Å²) < 4.78 is 19.1. The molecule has 150 valence electrons. The van der Waals surface area contributed by atoms with E-state index < -0.39 is 17.7 Å². The maximum atomic E-state index is 13.8. The van der Waals surface area contributed by atoms with Gasteiger partial charge in [0, 0.05) is 40.1 Å². The number of thiophene rings is 1. The summed E-state index contributed by atoms with van der Waals surface area (Å²) in [7, 11) is 1.32. The molecule has 7 heteroatoms. The lowest BCUT2D eigenvalue weighted by molar-refractivity contribution is -0.136. The van der Waals surface area contributed by atoms with Gasteiger partial charge in [0.25, 0.3) is 0 Å². The largest absolute Gasteiger partial charge is 0.466 e. The first-order valence-corrected chi connectivity index (χ1v) is 10.9. The number of hydrogen-bond acceptors (Lipinski definition) is 5. The number of methoxy groups -OCH3 is 1. The van der Waals surface area contributed by atoms with Gasteiger partial charge >= 0.3 is 5.97 Å². The van der Waals surface area contributed by atoms with Crippen molar-refractivity contribution in [2.45, 2.75) is 31.6 Å². The smallest absolute Gasteiger partial charge is 0.336 e. The second-order valence-electron chi connectivity index (χ2n) is 7.20. The van der Waals surface area contributed by atoms with Gasteiger partial charge in [0.2, 0.25) is 0 Å². The maximum absolute atomic E-state index is 13.8. The monoisotopic (exact) mass is 475 g/mol. The Morgan fingerprint density at radius 3 is 2.76 bits per heavy atom. The second-order valence-corrected chi connectivity index (χ2v) is 9.03. The van der Waals surface area contributed by atoms with E-state index in [9.17, 15) is 14.0 Å². The molecular formula is C22H19BrFNO3S. The van der Waals surface area contributed by atoms with Crippen molar-refractivity contribution in [3.05, 3.63) is 79.0 Å². The zero-order chi connectivity index (χ0) is 20.7. The normalized spacial score (nSPS) is 21.7. The Morgan fingerprint density at radius 2 is 2.10 bits per heavy atom. The molecule has 4 nitrogen and oxygen atoms in total. The van der Waals surface area contributed by atoms with Gasteiger partial charge in [0.1, 0.15) is 5.82 Å². The molecule has 2 heterocycles. The standard InChI is InChI=1S/C22H19BrFNO3S/c1-11-19(22(27)28-2)20(12-5-6-15(24)14(23)8-12)21-16(25-11)9-13(10-17(21)26)18-4-3-7-29-18/h3-8,13,20,25H,9-10H2,1-2H3/t13-,20-/m1/s1. The highest BCUT2D eigenvalue weighted by Gasteiger charge is 2.41. The fourth-order valence-corrected chi connectivity index (χ4v) is 5.40. The molecule has 29 heavy (non-hydrogen) atoms. The molecule has 1 N–H and O–H groups in total. The highest BCUT2D eigenvalue weighted by molar-refractivity contribution is 9.10. The molecular weight excluding hydrogens is 457 g/mol. The van der Waals surface area contributed by atoms with E-state index in [0.717, 1.165) is 5.70 Å². The van der Waals surface area contributed by atoms with E-state index in [2.05, 4.69) is 21.2 Å². The van der Waals surface area contributed by atoms with Crippen molar-refractivity contribution in [2.75, 3.05) is 7.11 Å². The second kappa shape index (κ2) is 7.88. The topological polar surface area (TPSA) is 55.4 Å². The van der Waals surface area contributed by atoms with Crippen LogP contribution >= 0.6 is 27.3 Å². The molecule has 1 aliphatic heterocycles. The summed E-state index contributed by atoms with van der Waals surface area (Å²) >= 11 is 4.86. The molecule has 1 aromatic heterocycles. The van der Waals surface area contributed by atoms with Crippen molar-refractivity contribution in [1.82, 2.24) is 5.32 Å². The number of ether oxygens (including phenoxy) is 1. The van der Waals surface area contributed by atoms with Gasteiger partial charge in [-0.25, -0.2) is 9.18 Å². The molecule has 0 spiro atoms. The van der Waals surface area contributed by atoms with Crippen molar-refractivity contribution in [3.63, 3.8) is 0 Å². The van der Waals surface area contributed by atoms with Crippen LogP contribution in [-0.4, -0.2) is 18.9 Å². The molecule has 1 aliphatic carbocycles. The highest BCUT2D eigenvalue weighted by atomic mass is 79.9. The summed E-state index contributed by atoms with van der Waals surface area (Å²) in [5.74, 6) is -1.38. The van der Waals surface area contributed by atoms with E-state index in [-0.39, 0.29) is 16.2 Å². The van der Waals surface area contributed by atoms with E-state index >= 15 is 0 Å². The van der Waals surface area contributed by atoms with Gasteiger partial charge in [0.15, 0.2) is 5.78 Å². The first-order valence-electron chi connectivity index (χ1n) is 9.21. The molecule has 0 saturated heterocycles. The van der Waals surface area contributed by atoms with Crippen LogP contribution in [-0.2, 0) is 14.3 Å². The van der Waals surface area contributed by atoms with Crippen LogP contribution in [0.5, 0.6) is 0 Å². The molecule has 2 atom stereocenters. The van der Waals surface area contributed by atoms with Crippen molar-refractivity contribution in [3.8, 4) is 0 Å². The van der Waals surface area contributed by atoms with E-state index in [0.29, 0.717) is 35.2 Å². The van der Waals surface area contributed by atoms with Gasteiger partial charge in [-0.2, -0.15) is 0 Å². The lowest BCUT2D eigenvalue weighted by Crippen LogP contribution is -2.35. The zero-order valence-corrected chi connectivity index (χ0v) is 18.3. The summed E-state index contributed by atoms with van der Waals surface area (Å²) in [4.78, 5) is 27.1. The highest BCUT2D eigenvalue weighted by Crippen LogP contribution is 2.46. The number of dihydropyridines is 1. The van der Waals surface area contributed by atoms with Crippen LogP contribution in [0.1, 0.15) is 42.0 Å². The van der Waals surface area contributed by atoms with Crippen LogP contribution in [0.15, 0.2) is 62.7 Å². The Morgan fingerprint density at radius 1 is 1.31 bits per heavy atom. The molecule has 0 amide bonds. The van der Waals surface area contributed by atoms with Crippen molar-refractivity contribution in [2.24, 2.45) is 0 Å². The molecule has 0 saturated carbocycles. The van der Waals surface area contributed by atoms with Crippen LogP contribution < -0.4 is 5.32 Å². The SMILES string of the molecule is COC(=O)C1=C(C)NC2=C(C(=O)C[C@H](c3cccs3)C2)[C@@H]1c1ccc(F)c(Br)c1. The number of halogens is 2. The number of rotatable bonds is 3. The molecule has 0 unspecified atom stereocenters. The van der Waals surface area contributed by atoms with Crippen LogP contribution in [0.4, 0.5) is 4.39 Å². The van der Waals surface area contributed by atoms with Crippen molar-refractivity contribution < 1.29 is 18.7 Å². The Hall–Kier alpha value is -2.25. The Balaban J connectivity index is 1.84. The summed E-state index contributed by atoms with van der Waals surface area (Å²) in [6, 6.07) is 8.63. The number of carbonyl (C=O) groups excluding carboxylic acids is 2. The third-order valence-electron chi connectivity index (χ3n) is 5.46. The van der Waals surface area contributed by atoms with Crippen LogP contribution in [0, 0.1) is 5.82 Å². The van der Waals surface area contributed by atoms with E-state index in [4.69, 9.17) is 4.74 Å². The number of nitrogens with one attached hydrogen (secondary N) is 1. The van der Waals surface area contributed by atoms with E-state index in [1.165, 1.54) is 18.1 Å². The predicted molar refractivity (Wildman–Crippen MR) is 113 cm³/mol. The Labute approximate surface area is 180 Å². The predicted octanol–water partition coefficient (Wildman–Crippen LogP) is 5.18. The van der Waals surface area contributed by atoms with Gasteiger partial charge in [0.05, 0.1) is 17.2 Å². The van der Waals surface area contributed by atoms with Gasteiger partial charge in [-0.1, -0.05) is 12.1 Å². The quantitative estimate of drug-likeness (QED) is 0.620. The summed E-state index contributed by atoms with van der Waals surface area (Å²) in [6.07, 6.45) is 1.07. The van der Waals surface area contributed by atoms with Crippen LogP contribution in [0.25, 0.3) is 0 Å².